The van der Waals surface area contributed by atoms with Crippen molar-refractivity contribution >= 4 is 5.91 Å². The van der Waals surface area contributed by atoms with Crippen LogP contribution in [0.5, 0.6) is 0 Å². The largest absolute Gasteiger partial charge is 0.396 e. The summed E-state index contributed by atoms with van der Waals surface area (Å²) < 4.78 is 0. The first-order valence-electron chi connectivity index (χ1n) is 5.71. The first-order valence-corrected chi connectivity index (χ1v) is 5.71. The summed E-state index contributed by atoms with van der Waals surface area (Å²) in [5.41, 5.74) is -0.127. The van der Waals surface area contributed by atoms with Crippen molar-refractivity contribution in [2.45, 2.75) is 39.2 Å². The summed E-state index contributed by atoms with van der Waals surface area (Å²) in [6, 6.07) is 0.453. The molecule has 2 rings (SSSR count). The van der Waals surface area contributed by atoms with Gasteiger partial charge in [-0.15, -0.1) is 0 Å². The molecule has 0 aromatic carbocycles. The Bertz CT molecular complexity index is 261. The van der Waals surface area contributed by atoms with E-state index < -0.39 is 0 Å². The summed E-state index contributed by atoms with van der Waals surface area (Å²) in [6.45, 7) is 5.81. The lowest BCUT2D eigenvalue weighted by molar-refractivity contribution is -0.141. The van der Waals surface area contributed by atoms with E-state index in [1.807, 2.05) is 18.9 Å². The molecule has 0 atom stereocenters. The number of aliphatic hydroxyl groups is 1. The van der Waals surface area contributed by atoms with Gasteiger partial charge in [-0.3, -0.25) is 9.80 Å². The maximum absolute atomic E-state index is 11.7. The third kappa shape index (κ3) is 2.32. The summed E-state index contributed by atoms with van der Waals surface area (Å²) in [5, 5.41) is 13.3. The molecule has 4 heteroatoms. The van der Waals surface area contributed by atoms with Crippen LogP contribution < -0.4 is 0 Å². The highest BCUT2D eigenvalue weighted by Gasteiger charge is 2.41. The monoisotopic (exact) mass is 212 g/mol. The number of carbonyl (C=O) groups is 1. The second kappa shape index (κ2) is 3.76. The Morgan fingerprint density at radius 2 is 2.13 bits per heavy atom. The lowest BCUT2D eigenvalue weighted by Crippen LogP contribution is -2.46. The first kappa shape index (κ1) is 10.9. The van der Waals surface area contributed by atoms with Gasteiger partial charge >= 0.3 is 0 Å². The molecule has 1 saturated heterocycles. The van der Waals surface area contributed by atoms with Crippen LogP contribution in [0.2, 0.25) is 0 Å². The van der Waals surface area contributed by atoms with Crippen molar-refractivity contribution in [3.63, 3.8) is 0 Å². The molecule has 0 aromatic heterocycles. The fraction of sp³-hybridized carbons (Fsp3) is 0.909. The lowest BCUT2D eigenvalue weighted by atomic mass is 9.95. The van der Waals surface area contributed by atoms with E-state index in [1.54, 1.807) is 0 Å². The van der Waals surface area contributed by atoms with Crippen molar-refractivity contribution in [2.75, 3.05) is 19.7 Å². The normalized spacial score (nSPS) is 23.9. The Hall–Kier alpha value is -0.610. The van der Waals surface area contributed by atoms with Crippen LogP contribution in [0.25, 0.3) is 0 Å². The first-order chi connectivity index (χ1) is 7.03. The van der Waals surface area contributed by atoms with Gasteiger partial charge in [0.1, 0.15) is 0 Å². The molecule has 1 aliphatic heterocycles. The van der Waals surface area contributed by atoms with E-state index in [0.717, 1.165) is 25.9 Å². The average molecular weight is 212 g/mol. The zero-order valence-corrected chi connectivity index (χ0v) is 9.57. The van der Waals surface area contributed by atoms with Gasteiger partial charge < -0.3 is 5.11 Å². The number of hydrazine groups is 1. The van der Waals surface area contributed by atoms with E-state index in [0.29, 0.717) is 12.5 Å². The van der Waals surface area contributed by atoms with E-state index in [9.17, 15) is 9.90 Å². The summed E-state index contributed by atoms with van der Waals surface area (Å²) in [4.78, 5) is 11.7. The van der Waals surface area contributed by atoms with Crippen molar-refractivity contribution in [3.05, 3.63) is 0 Å². The van der Waals surface area contributed by atoms with E-state index in [4.69, 9.17) is 0 Å². The maximum atomic E-state index is 11.7. The van der Waals surface area contributed by atoms with Crippen LogP contribution in [0.15, 0.2) is 0 Å². The Labute approximate surface area is 90.8 Å². The minimum Gasteiger partial charge on any atom is -0.396 e. The smallest absolute Gasteiger partial charge is 0.238 e. The number of amides is 1. The number of aliphatic hydroxyl groups excluding tert-OH is 1. The number of nitrogens with zero attached hydrogens (tertiary/aromatic N) is 2. The van der Waals surface area contributed by atoms with E-state index in [-0.39, 0.29) is 17.9 Å². The molecular formula is C11H20N2O2. The molecule has 2 aliphatic rings. The van der Waals surface area contributed by atoms with Gasteiger partial charge in [0.25, 0.3) is 0 Å². The number of rotatable bonds is 4. The molecule has 0 bridgehead atoms. The van der Waals surface area contributed by atoms with Crippen molar-refractivity contribution < 1.29 is 9.90 Å². The van der Waals surface area contributed by atoms with E-state index in [2.05, 4.69) is 5.01 Å². The van der Waals surface area contributed by atoms with Gasteiger partial charge in [-0.05, 0) is 12.8 Å². The van der Waals surface area contributed by atoms with Crippen LogP contribution in [-0.4, -0.2) is 46.8 Å². The highest BCUT2D eigenvalue weighted by molar-refractivity contribution is 5.78. The summed E-state index contributed by atoms with van der Waals surface area (Å²) in [6.07, 6.45) is 2.92. The summed E-state index contributed by atoms with van der Waals surface area (Å²) >= 11 is 0. The number of hydrogen-bond donors (Lipinski definition) is 1. The Morgan fingerprint density at radius 3 is 2.67 bits per heavy atom. The summed E-state index contributed by atoms with van der Waals surface area (Å²) in [7, 11) is 0. The van der Waals surface area contributed by atoms with Gasteiger partial charge in [-0.25, -0.2) is 5.01 Å². The molecule has 4 nitrogen and oxygen atoms in total. The zero-order chi connectivity index (χ0) is 11.1. The van der Waals surface area contributed by atoms with Gasteiger partial charge in [-0.1, -0.05) is 13.8 Å². The SMILES string of the molecule is CC(C)(CO)CN1CCC(=O)N1C1CC1. The zero-order valence-electron chi connectivity index (χ0n) is 9.57. The van der Waals surface area contributed by atoms with Gasteiger partial charge in [0.05, 0.1) is 0 Å². The third-order valence-corrected chi connectivity index (χ3v) is 3.08. The fourth-order valence-corrected chi connectivity index (χ4v) is 2.06. The Morgan fingerprint density at radius 1 is 1.47 bits per heavy atom. The Balaban J connectivity index is 1.99. The highest BCUT2D eigenvalue weighted by Crippen LogP contribution is 2.33. The average Bonchev–Trinajstić information content (AvgIpc) is 2.94. The molecule has 0 spiro atoms. The molecule has 86 valence electrons. The third-order valence-electron chi connectivity index (χ3n) is 3.08. The van der Waals surface area contributed by atoms with Gasteiger partial charge in [0, 0.05) is 37.6 Å². The minimum atomic E-state index is -0.127. The van der Waals surface area contributed by atoms with Gasteiger partial charge in [0.15, 0.2) is 0 Å². The van der Waals surface area contributed by atoms with Crippen LogP contribution in [-0.2, 0) is 4.79 Å². The number of hydrogen-bond acceptors (Lipinski definition) is 3. The van der Waals surface area contributed by atoms with E-state index in [1.165, 1.54) is 0 Å². The molecule has 1 heterocycles. The topological polar surface area (TPSA) is 43.8 Å². The highest BCUT2D eigenvalue weighted by atomic mass is 16.3. The number of carbonyl (C=O) groups excluding carboxylic acids is 1. The molecule has 15 heavy (non-hydrogen) atoms. The molecule has 0 aromatic rings. The molecule has 1 saturated carbocycles. The quantitative estimate of drug-likeness (QED) is 0.743. The van der Waals surface area contributed by atoms with Crippen molar-refractivity contribution in [1.29, 1.82) is 0 Å². The van der Waals surface area contributed by atoms with Crippen LogP contribution in [0.1, 0.15) is 33.1 Å². The summed E-state index contributed by atoms with van der Waals surface area (Å²) in [5.74, 6) is 0.256. The van der Waals surface area contributed by atoms with Crippen molar-refractivity contribution in [2.24, 2.45) is 5.41 Å². The van der Waals surface area contributed by atoms with E-state index >= 15 is 0 Å². The van der Waals surface area contributed by atoms with Crippen LogP contribution >= 0.6 is 0 Å². The van der Waals surface area contributed by atoms with Gasteiger partial charge in [-0.2, -0.15) is 0 Å². The predicted molar refractivity (Wildman–Crippen MR) is 56.9 cm³/mol. The second-order valence-electron chi connectivity index (χ2n) is 5.43. The van der Waals surface area contributed by atoms with Gasteiger partial charge in [0.2, 0.25) is 5.91 Å². The molecule has 1 N–H and O–H groups in total. The van der Waals surface area contributed by atoms with Crippen molar-refractivity contribution in [1.82, 2.24) is 10.0 Å². The predicted octanol–water partition coefficient (Wildman–Crippen LogP) is 0.617. The lowest BCUT2D eigenvalue weighted by Gasteiger charge is -2.34. The van der Waals surface area contributed by atoms with Crippen LogP contribution in [0.4, 0.5) is 0 Å². The molecular weight excluding hydrogens is 192 g/mol. The second-order valence-corrected chi connectivity index (χ2v) is 5.43. The molecule has 2 fully saturated rings. The maximum Gasteiger partial charge on any atom is 0.238 e. The fourth-order valence-electron chi connectivity index (χ4n) is 2.06. The van der Waals surface area contributed by atoms with Crippen LogP contribution in [0.3, 0.4) is 0 Å². The van der Waals surface area contributed by atoms with Crippen molar-refractivity contribution in [3.8, 4) is 0 Å². The molecule has 0 radical (unpaired) electrons. The minimum absolute atomic E-state index is 0.127. The van der Waals surface area contributed by atoms with Crippen LogP contribution in [0, 0.1) is 5.41 Å². The molecule has 1 amide bonds. The molecule has 0 unspecified atom stereocenters. The Kier molecular flexibility index (Phi) is 2.73. The standard InChI is InChI=1S/C11H20N2O2/c1-11(2,8-14)7-12-6-5-10(15)13(12)9-3-4-9/h9,14H,3-8H2,1-2H3. The molecule has 1 aliphatic carbocycles.